The molecule has 3 fully saturated rings. The molecule has 4 aliphatic carbocycles. The summed E-state index contributed by atoms with van der Waals surface area (Å²) in [7, 11) is 0. The average molecular weight is 679 g/mol. The van der Waals surface area contributed by atoms with Crippen molar-refractivity contribution in [2.45, 2.75) is 115 Å². The summed E-state index contributed by atoms with van der Waals surface area (Å²) in [6.45, 7) is 10.2. The van der Waals surface area contributed by atoms with Crippen molar-refractivity contribution in [1.29, 1.82) is 0 Å². The molecule has 3 unspecified atom stereocenters. The Hall–Kier alpha value is -2.79. The summed E-state index contributed by atoms with van der Waals surface area (Å²) in [6, 6.07) is 7.85. The number of ether oxygens (including phenoxy) is 1. The average Bonchev–Trinajstić information content (AvgIpc) is 3.12. The Balaban J connectivity index is 1.28. The molecule has 6 rings (SSSR count). The molecule has 2 saturated carbocycles. The van der Waals surface area contributed by atoms with Gasteiger partial charge in [0.25, 0.3) is 0 Å². The molecule has 0 radical (unpaired) electrons. The number of benzene rings is 1. The van der Waals surface area contributed by atoms with E-state index in [1.165, 1.54) is 6.92 Å². The molecule has 0 aromatic heterocycles. The Labute approximate surface area is 279 Å². The topological polar surface area (TPSA) is 70.1 Å². The number of rotatable bonds is 4. The lowest BCUT2D eigenvalue weighted by Crippen LogP contribution is -2.65. The number of fused-ring (bicyclic) bond motifs is 4. The Morgan fingerprint density at radius 1 is 0.979 bits per heavy atom. The minimum absolute atomic E-state index is 0.0393. The predicted molar refractivity (Wildman–Crippen MR) is 170 cm³/mol. The third-order valence-electron chi connectivity index (χ3n) is 11.8. The molecule has 6 nitrogen and oxygen atoms in total. The fourth-order valence-corrected chi connectivity index (χ4v) is 9.47. The second-order valence-electron chi connectivity index (χ2n) is 15.8. The van der Waals surface area contributed by atoms with E-state index in [1.807, 2.05) is 45.0 Å². The van der Waals surface area contributed by atoms with Gasteiger partial charge >= 0.3 is 18.2 Å². The van der Waals surface area contributed by atoms with Crippen LogP contribution in [0.1, 0.15) is 96.1 Å². The van der Waals surface area contributed by atoms with Crippen molar-refractivity contribution < 1.29 is 41.4 Å². The van der Waals surface area contributed by atoms with Gasteiger partial charge in [-0.15, -0.1) is 0 Å². The van der Waals surface area contributed by atoms with Crippen LogP contribution in [0.5, 0.6) is 0 Å². The summed E-state index contributed by atoms with van der Waals surface area (Å²) < 4.78 is 77.7. The van der Waals surface area contributed by atoms with Crippen LogP contribution in [0, 0.1) is 17.3 Å². The summed E-state index contributed by atoms with van der Waals surface area (Å²) in [6.07, 6.45) is -2.28. The lowest BCUT2D eigenvalue weighted by atomic mass is 9.50. The van der Waals surface area contributed by atoms with Crippen molar-refractivity contribution in [2.24, 2.45) is 17.3 Å². The highest BCUT2D eigenvalue weighted by molar-refractivity contribution is 5.93. The highest BCUT2D eigenvalue weighted by Gasteiger charge is 2.79. The summed E-state index contributed by atoms with van der Waals surface area (Å²) in [5, 5.41) is 11.5. The maximum atomic E-state index is 15.3. The zero-order valence-corrected chi connectivity index (χ0v) is 28.3. The first-order chi connectivity index (χ1) is 22.3. The van der Waals surface area contributed by atoms with Crippen LogP contribution in [0.3, 0.4) is 0 Å². The van der Waals surface area contributed by atoms with Crippen LogP contribution in [0.4, 0.5) is 26.7 Å². The highest BCUT2D eigenvalue weighted by Crippen LogP contribution is 2.70. The smallest absolute Gasteiger partial charge is 0.444 e. The fourth-order valence-electron chi connectivity index (χ4n) is 9.47. The number of hydrogen-bond acceptors (Lipinski definition) is 5. The number of amides is 1. The van der Waals surface area contributed by atoms with Gasteiger partial charge in [-0.2, -0.15) is 22.0 Å². The van der Waals surface area contributed by atoms with Crippen LogP contribution in [-0.2, 0) is 16.1 Å². The molecular weight excluding hydrogens is 631 g/mol. The molecule has 1 heterocycles. The first kappa shape index (κ1) is 35.1. The predicted octanol–water partition coefficient (Wildman–Crippen LogP) is 7.96. The van der Waals surface area contributed by atoms with E-state index in [0.29, 0.717) is 51.9 Å². The van der Waals surface area contributed by atoms with Crippen molar-refractivity contribution in [1.82, 2.24) is 9.80 Å². The van der Waals surface area contributed by atoms with Crippen LogP contribution >= 0.6 is 0 Å². The zero-order valence-electron chi connectivity index (χ0n) is 28.3. The number of carbonyl (C=O) groups is 2. The lowest BCUT2D eigenvalue weighted by Gasteiger charge is -2.56. The zero-order chi connectivity index (χ0) is 34.9. The second-order valence-corrected chi connectivity index (χ2v) is 15.8. The van der Waals surface area contributed by atoms with Gasteiger partial charge in [0.05, 0.1) is 0 Å². The van der Waals surface area contributed by atoms with E-state index in [1.54, 1.807) is 11.0 Å². The highest BCUT2D eigenvalue weighted by atomic mass is 19.4. The van der Waals surface area contributed by atoms with E-state index < -0.39 is 47.0 Å². The van der Waals surface area contributed by atoms with Gasteiger partial charge in [0.1, 0.15) is 11.2 Å². The Morgan fingerprint density at radius 2 is 1.69 bits per heavy atom. The van der Waals surface area contributed by atoms with Gasteiger partial charge in [0.2, 0.25) is 0 Å². The molecule has 0 bridgehead atoms. The Bertz CT molecular complexity index is 1500. The Morgan fingerprint density at radius 3 is 2.35 bits per heavy atom. The Kier molecular flexibility index (Phi) is 8.92. The van der Waals surface area contributed by atoms with Gasteiger partial charge in [-0.25, -0.2) is 4.79 Å². The quantitative estimate of drug-likeness (QED) is 0.328. The molecule has 1 amide bonds. The molecule has 1 saturated heterocycles. The van der Waals surface area contributed by atoms with Crippen LogP contribution in [-0.4, -0.2) is 76.3 Å². The number of ketones is 1. The first-order valence-electron chi connectivity index (χ1n) is 17.3. The lowest BCUT2D eigenvalue weighted by molar-refractivity contribution is -0.362. The number of halogens is 5. The van der Waals surface area contributed by atoms with E-state index in [2.05, 4.69) is 4.90 Å². The molecule has 264 valence electrons. The van der Waals surface area contributed by atoms with Crippen molar-refractivity contribution in [2.75, 3.05) is 26.2 Å². The van der Waals surface area contributed by atoms with Crippen molar-refractivity contribution in [3.8, 4) is 0 Å². The van der Waals surface area contributed by atoms with Crippen LogP contribution in [0.2, 0.25) is 0 Å². The molecule has 48 heavy (non-hydrogen) atoms. The normalized spacial score (nSPS) is 31.9. The molecular formula is C37H47F5N2O4. The molecule has 11 heteroatoms. The number of hydrogen-bond donors (Lipinski definition) is 1. The standard InChI is InChI=1S/C37H47F5N2O4/c1-33(2,3)48-32(46)44-17-5-16-43(18-19-44)22-23-6-8-24(9-7-23)29-21-34(4)30(14-15-35(34,47)36(38,39)37(40,41)42)28-12-10-25-20-26(45)11-13-27(25)31(28)29/h6-9,20,28-30,47H,5,10-19,21-22H2,1-4H3/t28?,29-,30?,34+,35?/m1/s1. The monoisotopic (exact) mass is 678 g/mol. The van der Waals surface area contributed by atoms with Gasteiger partial charge in [-0.1, -0.05) is 36.8 Å². The first-order valence-corrected chi connectivity index (χ1v) is 17.3. The summed E-state index contributed by atoms with van der Waals surface area (Å²) in [5.41, 5.74) is -0.565. The molecule has 5 aliphatic rings. The largest absolute Gasteiger partial charge is 0.456 e. The minimum Gasteiger partial charge on any atom is -0.444 e. The van der Waals surface area contributed by atoms with E-state index in [-0.39, 0.29) is 30.6 Å². The third-order valence-corrected chi connectivity index (χ3v) is 11.8. The van der Waals surface area contributed by atoms with Crippen molar-refractivity contribution >= 4 is 11.9 Å². The van der Waals surface area contributed by atoms with Gasteiger partial charge in [0, 0.05) is 50.5 Å². The number of alkyl halides is 5. The number of carbonyl (C=O) groups excluding carboxylic acids is 2. The number of nitrogens with zero attached hydrogens (tertiary/aromatic N) is 2. The minimum atomic E-state index is -5.88. The van der Waals surface area contributed by atoms with Crippen LogP contribution in [0.25, 0.3) is 0 Å². The molecule has 1 aromatic carbocycles. The fraction of sp³-hybridized carbons (Fsp3) is 0.676. The van der Waals surface area contributed by atoms with Crippen LogP contribution in [0.15, 0.2) is 47.1 Å². The van der Waals surface area contributed by atoms with Gasteiger partial charge in [0.15, 0.2) is 5.78 Å². The summed E-state index contributed by atoms with van der Waals surface area (Å²) in [4.78, 5) is 28.9. The molecule has 0 spiro atoms. The molecule has 1 N–H and O–H groups in total. The van der Waals surface area contributed by atoms with Gasteiger partial charge in [-0.05, 0) is 106 Å². The van der Waals surface area contributed by atoms with E-state index >= 15 is 8.78 Å². The summed E-state index contributed by atoms with van der Waals surface area (Å²) in [5.74, 6) is -6.46. The number of aliphatic hydroxyl groups is 1. The molecule has 5 atom stereocenters. The maximum absolute atomic E-state index is 15.3. The number of allylic oxidation sites excluding steroid dienone is 4. The van der Waals surface area contributed by atoms with Crippen molar-refractivity contribution in [3.63, 3.8) is 0 Å². The third kappa shape index (κ3) is 6.01. The van der Waals surface area contributed by atoms with Crippen molar-refractivity contribution in [3.05, 3.63) is 58.2 Å². The molecule has 1 aliphatic heterocycles. The van der Waals surface area contributed by atoms with Crippen LogP contribution < -0.4 is 0 Å². The van der Waals surface area contributed by atoms with E-state index in [9.17, 15) is 27.9 Å². The van der Waals surface area contributed by atoms with Gasteiger partial charge in [-0.3, -0.25) is 9.69 Å². The second kappa shape index (κ2) is 12.2. The molecule has 1 aromatic rings. The SMILES string of the molecule is CC(C)(C)OC(=O)N1CCCN(Cc2ccc([C@H]3C[C@@]4(C)C(CCC4(O)C(F)(F)C(F)(F)F)C4CCC5=CC(=O)CCC5=C43)cc2)CC1. The maximum Gasteiger partial charge on any atom is 0.456 e. The van der Waals surface area contributed by atoms with Gasteiger partial charge < -0.3 is 14.7 Å². The van der Waals surface area contributed by atoms with E-state index in [0.717, 1.165) is 40.8 Å². The van der Waals surface area contributed by atoms with E-state index in [4.69, 9.17) is 4.74 Å². The summed E-state index contributed by atoms with van der Waals surface area (Å²) >= 11 is 0.